The van der Waals surface area contributed by atoms with Gasteiger partial charge in [0.15, 0.2) is 5.76 Å². The van der Waals surface area contributed by atoms with Gasteiger partial charge in [0.25, 0.3) is 0 Å². The van der Waals surface area contributed by atoms with Gasteiger partial charge in [-0.05, 0) is 11.6 Å². The Bertz CT molecular complexity index is 408. The molecule has 72 valence electrons. The molecule has 0 spiro atoms. The fourth-order valence-corrected chi connectivity index (χ4v) is 1.49. The third-order valence-electron chi connectivity index (χ3n) is 2.01. The van der Waals surface area contributed by atoms with Crippen molar-refractivity contribution in [1.29, 1.82) is 0 Å². The number of hydrogen-bond donors (Lipinski definition) is 1. The zero-order chi connectivity index (χ0) is 9.97. The van der Waals surface area contributed by atoms with Crippen molar-refractivity contribution in [1.82, 2.24) is 0 Å². The Kier molecular flexibility index (Phi) is 2.57. The van der Waals surface area contributed by atoms with Crippen LogP contribution in [0.15, 0.2) is 47.1 Å². The summed E-state index contributed by atoms with van der Waals surface area (Å²) in [6.07, 6.45) is 0.669. The van der Waals surface area contributed by atoms with Crippen LogP contribution in [0.2, 0.25) is 5.02 Å². The van der Waals surface area contributed by atoms with E-state index in [1.54, 1.807) is 6.07 Å². The lowest BCUT2D eigenvalue weighted by atomic mass is 10.1. The highest BCUT2D eigenvalue weighted by atomic mass is 35.5. The summed E-state index contributed by atoms with van der Waals surface area (Å²) in [5.74, 6) is 0.387. The molecule has 0 fully saturated rings. The van der Waals surface area contributed by atoms with Gasteiger partial charge in [0.2, 0.25) is 0 Å². The average Bonchev–Trinajstić information content (AvgIpc) is 2.65. The minimum Gasteiger partial charge on any atom is -0.465 e. The van der Waals surface area contributed by atoms with Crippen LogP contribution in [0.4, 0.5) is 0 Å². The van der Waals surface area contributed by atoms with E-state index < -0.39 is 6.10 Å². The lowest BCUT2D eigenvalue weighted by molar-refractivity contribution is 0.189. The molecule has 1 atom stereocenters. The van der Waals surface area contributed by atoms with Gasteiger partial charge < -0.3 is 9.52 Å². The number of hydrogen-bond acceptors (Lipinski definition) is 2. The van der Waals surface area contributed by atoms with Crippen LogP contribution in [0.3, 0.4) is 0 Å². The summed E-state index contributed by atoms with van der Waals surface area (Å²) >= 11 is 5.83. The first-order valence-electron chi connectivity index (χ1n) is 4.25. The smallest absolute Gasteiger partial charge is 0.155 e. The van der Waals surface area contributed by atoms with E-state index in [0.29, 0.717) is 10.8 Å². The third kappa shape index (κ3) is 1.67. The van der Waals surface area contributed by atoms with Gasteiger partial charge in [0.05, 0.1) is 11.3 Å². The number of rotatable bonds is 2. The zero-order valence-corrected chi connectivity index (χ0v) is 8.11. The lowest BCUT2D eigenvalue weighted by Crippen LogP contribution is -1.97. The molecule has 0 radical (unpaired) electrons. The second kappa shape index (κ2) is 3.86. The quantitative estimate of drug-likeness (QED) is 0.823. The van der Waals surface area contributed by atoms with Gasteiger partial charge in [0.1, 0.15) is 6.10 Å². The highest BCUT2D eigenvalue weighted by Gasteiger charge is 2.16. The molecule has 0 amide bonds. The summed E-state index contributed by atoms with van der Waals surface area (Å²) in [4.78, 5) is 0. The van der Waals surface area contributed by atoms with E-state index in [2.05, 4.69) is 0 Å². The maximum absolute atomic E-state index is 9.88. The van der Waals surface area contributed by atoms with Crippen molar-refractivity contribution in [2.75, 3.05) is 0 Å². The second-order valence-corrected chi connectivity index (χ2v) is 3.35. The van der Waals surface area contributed by atoms with E-state index in [9.17, 15) is 5.11 Å². The lowest BCUT2D eigenvalue weighted by Gasteiger charge is -2.07. The van der Waals surface area contributed by atoms with Gasteiger partial charge in [-0.15, -0.1) is 0 Å². The summed E-state index contributed by atoms with van der Waals surface area (Å²) in [5.41, 5.74) is 0.768. The predicted octanol–water partition coefficient (Wildman–Crippen LogP) is 3.01. The van der Waals surface area contributed by atoms with Gasteiger partial charge in [-0.2, -0.15) is 0 Å². The van der Waals surface area contributed by atoms with Crippen LogP contribution >= 0.6 is 11.6 Å². The number of aliphatic hydroxyl groups is 1. The summed E-state index contributed by atoms with van der Waals surface area (Å²) in [6, 6.07) is 10.9. The minimum atomic E-state index is -0.793. The Morgan fingerprint density at radius 2 is 1.86 bits per heavy atom. The van der Waals surface area contributed by atoms with Crippen molar-refractivity contribution in [3.05, 3.63) is 59.0 Å². The van der Waals surface area contributed by atoms with E-state index in [0.717, 1.165) is 5.56 Å². The normalized spacial score (nSPS) is 12.7. The molecular formula is C11H9ClO2. The Morgan fingerprint density at radius 3 is 2.43 bits per heavy atom. The van der Waals surface area contributed by atoms with Crippen LogP contribution in [0.1, 0.15) is 17.4 Å². The topological polar surface area (TPSA) is 33.4 Å². The molecule has 1 aromatic carbocycles. The molecule has 0 saturated heterocycles. The van der Waals surface area contributed by atoms with E-state index in [1.807, 2.05) is 30.3 Å². The number of furan rings is 1. The molecule has 0 aliphatic carbocycles. The maximum Gasteiger partial charge on any atom is 0.155 e. The van der Waals surface area contributed by atoms with Crippen molar-refractivity contribution >= 4 is 11.6 Å². The summed E-state index contributed by atoms with van der Waals surface area (Å²) in [7, 11) is 0. The molecule has 1 heterocycles. The molecule has 1 aromatic heterocycles. The largest absolute Gasteiger partial charge is 0.465 e. The maximum atomic E-state index is 9.88. The van der Waals surface area contributed by atoms with Crippen LogP contribution in [0, 0.1) is 0 Å². The molecule has 1 unspecified atom stereocenters. The van der Waals surface area contributed by atoms with Gasteiger partial charge in [-0.3, -0.25) is 0 Å². The van der Waals surface area contributed by atoms with Gasteiger partial charge in [0, 0.05) is 0 Å². The van der Waals surface area contributed by atoms with Crippen molar-refractivity contribution in [2.24, 2.45) is 0 Å². The monoisotopic (exact) mass is 208 g/mol. The molecule has 0 saturated carbocycles. The Balaban J connectivity index is 2.34. The van der Waals surface area contributed by atoms with Crippen molar-refractivity contribution in [3.63, 3.8) is 0 Å². The number of halogens is 1. The van der Waals surface area contributed by atoms with Crippen LogP contribution in [-0.4, -0.2) is 5.11 Å². The highest BCUT2D eigenvalue weighted by molar-refractivity contribution is 6.31. The molecule has 2 nitrogen and oxygen atoms in total. The molecule has 2 rings (SSSR count). The Hall–Kier alpha value is -1.25. The minimum absolute atomic E-state index is 0.387. The first-order valence-corrected chi connectivity index (χ1v) is 4.63. The first-order chi connectivity index (χ1) is 6.79. The summed E-state index contributed by atoms with van der Waals surface area (Å²) in [6.45, 7) is 0. The summed E-state index contributed by atoms with van der Waals surface area (Å²) in [5, 5.41) is 10.3. The fourth-order valence-electron chi connectivity index (χ4n) is 1.29. The van der Waals surface area contributed by atoms with Crippen LogP contribution in [0.25, 0.3) is 0 Å². The van der Waals surface area contributed by atoms with E-state index >= 15 is 0 Å². The van der Waals surface area contributed by atoms with Crippen LogP contribution in [0.5, 0.6) is 0 Å². The molecular weight excluding hydrogens is 200 g/mol. The SMILES string of the molecule is OC(c1ccccc1)c1occc1Cl. The number of benzene rings is 1. The van der Waals surface area contributed by atoms with Crippen LogP contribution in [-0.2, 0) is 0 Å². The van der Waals surface area contributed by atoms with Crippen molar-refractivity contribution in [2.45, 2.75) is 6.10 Å². The molecule has 0 bridgehead atoms. The van der Waals surface area contributed by atoms with Crippen LogP contribution < -0.4 is 0 Å². The Labute approximate surface area is 86.7 Å². The predicted molar refractivity (Wildman–Crippen MR) is 54.2 cm³/mol. The number of aliphatic hydroxyl groups excluding tert-OH is 1. The molecule has 0 aliphatic rings. The van der Waals surface area contributed by atoms with E-state index in [4.69, 9.17) is 16.0 Å². The first kappa shape index (κ1) is 9.31. The molecule has 2 aromatic rings. The van der Waals surface area contributed by atoms with Crippen molar-refractivity contribution in [3.8, 4) is 0 Å². The van der Waals surface area contributed by atoms with Crippen molar-refractivity contribution < 1.29 is 9.52 Å². The van der Waals surface area contributed by atoms with Gasteiger partial charge in [-0.1, -0.05) is 41.9 Å². The zero-order valence-electron chi connectivity index (χ0n) is 7.35. The van der Waals surface area contributed by atoms with Gasteiger partial charge >= 0.3 is 0 Å². The van der Waals surface area contributed by atoms with Gasteiger partial charge in [-0.25, -0.2) is 0 Å². The van der Waals surface area contributed by atoms with E-state index in [1.165, 1.54) is 6.26 Å². The average molecular weight is 209 g/mol. The standard InChI is InChI=1S/C11H9ClO2/c12-9-6-7-14-11(9)10(13)8-4-2-1-3-5-8/h1-7,10,13H. The fraction of sp³-hybridized carbons (Fsp3) is 0.0909. The second-order valence-electron chi connectivity index (χ2n) is 2.95. The Morgan fingerprint density at radius 1 is 1.14 bits per heavy atom. The third-order valence-corrected chi connectivity index (χ3v) is 2.32. The summed E-state index contributed by atoms with van der Waals surface area (Å²) < 4.78 is 5.10. The molecule has 0 aliphatic heterocycles. The van der Waals surface area contributed by atoms with E-state index in [-0.39, 0.29) is 0 Å². The molecule has 3 heteroatoms. The molecule has 1 N–H and O–H groups in total. The molecule has 14 heavy (non-hydrogen) atoms. The highest BCUT2D eigenvalue weighted by Crippen LogP contribution is 2.28.